The first kappa shape index (κ1) is 15.6. The Hall–Kier alpha value is -3.27. The summed E-state index contributed by atoms with van der Waals surface area (Å²) in [5, 5.41) is 2.67. The van der Waals surface area contributed by atoms with Crippen molar-refractivity contribution in [2.45, 2.75) is 0 Å². The van der Waals surface area contributed by atoms with Gasteiger partial charge in [0.05, 0.1) is 7.11 Å². The second-order valence-electron chi connectivity index (χ2n) is 5.14. The minimum Gasteiger partial charge on any atom is -0.497 e. The largest absolute Gasteiger partial charge is 0.497 e. The SMILES string of the molecule is COc1cccc(NC(=O)Oc2ccc(-c3ccccc3)cc2)c1. The van der Waals surface area contributed by atoms with Gasteiger partial charge in [-0.15, -0.1) is 0 Å². The number of nitrogens with one attached hydrogen (secondary N) is 1. The van der Waals surface area contributed by atoms with E-state index >= 15 is 0 Å². The normalized spacial score (nSPS) is 10.0. The van der Waals surface area contributed by atoms with E-state index in [9.17, 15) is 4.79 Å². The molecule has 0 aliphatic heterocycles. The summed E-state index contributed by atoms with van der Waals surface area (Å²) in [6.07, 6.45) is -0.546. The summed E-state index contributed by atoms with van der Waals surface area (Å²) in [6.45, 7) is 0. The maximum absolute atomic E-state index is 12.0. The number of hydrogen-bond donors (Lipinski definition) is 1. The fourth-order valence-corrected chi connectivity index (χ4v) is 2.30. The third-order valence-corrected chi connectivity index (χ3v) is 3.49. The van der Waals surface area contributed by atoms with Crippen molar-refractivity contribution in [1.82, 2.24) is 0 Å². The summed E-state index contributed by atoms with van der Waals surface area (Å²) in [7, 11) is 1.58. The van der Waals surface area contributed by atoms with Crippen molar-refractivity contribution in [1.29, 1.82) is 0 Å². The van der Waals surface area contributed by atoms with E-state index in [2.05, 4.69) is 5.32 Å². The molecule has 1 amide bonds. The van der Waals surface area contributed by atoms with E-state index in [0.717, 1.165) is 11.1 Å². The number of rotatable bonds is 4. The van der Waals surface area contributed by atoms with Crippen molar-refractivity contribution in [3.8, 4) is 22.6 Å². The molecule has 3 aromatic rings. The monoisotopic (exact) mass is 319 g/mol. The summed E-state index contributed by atoms with van der Waals surface area (Å²) in [5.41, 5.74) is 2.79. The summed E-state index contributed by atoms with van der Waals surface area (Å²) in [4.78, 5) is 12.0. The van der Waals surface area contributed by atoms with E-state index in [4.69, 9.17) is 9.47 Å². The van der Waals surface area contributed by atoms with Gasteiger partial charge in [0.1, 0.15) is 11.5 Å². The molecule has 1 N–H and O–H groups in total. The van der Waals surface area contributed by atoms with Crippen LogP contribution < -0.4 is 14.8 Å². The number of ether oxygens (including phenoxy) is 2. The molecule has 0 aromatic heterocycles. The van der Waals surface area contributed by atoms with E-state index in [0.29, 0.717) is 17.2 Å². The maximum atomic E-state index is 12.0. The van der Waals surface area contributed by atoms with Crippen LogP contribution in [0.25, 0.3) is 11.1 Å². The van der Waals surface area contributed by atoms with Gasteiger partial charge in [0.25, 0.3) is 0 Å². The molecule has 0 aliphatic carbocycles. The van der Waals surface area contributed by atoms with Crippen molar-refractivity contribution in [3.05, 3.63) is 78.9 Å². The lowest BCUT2D eigenvalue weighted by Crippen LogP contribution is -2.16. The van der Waals surface area contributed by atoms with Crippen LogP contribution in [0.15, 0.2) is 78.9 Å². The molecule has 4 nitrogen and oxygen atoms in total. The Morgan fingerprint density at radius 2 is 1.50 bits per heavy atom. The Morgan fingerprint density at radius 1 is 0.792 bits per heavy atom. The average molecular weight is 319 g/mol. The van der Waals surface area contributed by atoms with Gasteiger partial charge in [0.15, 0.2) is 0 Å². The lowest BCUT2D eigenvalue weighted by atomic mass is 10.1. The molecule has 0 radical (unpaired) electrons. The zero-order chi connectivity index (χ0) is 16.8. The summed E-state index contributed by atoms with van der Waals surface area (Å²) in [5.74, 6) is 1.15. The Labute approximate surface area is 140 Å². The van der Waals surface area contributed by atoms with Gasteiger partial charge in [-0.1, -0.05) is 48.5 Å². The molecule has 24 heavy (non-hydrogen) atoms. The first-order valence-corrected chi connectivity index (χ1v) is 7.53. The van der Waals surface area contributed by atoms with Crippen LogP contribution in [-0.4, -0.2) is 13.2 Å². The molecule has 0 aliphatic rings. The molecule has 0 fully saturated rings. The van der Waals surface area contributed by atoms with Crippen molar-refractivity contribution in [3.63, 3.8) is 0 Å². The number of benzene rings is 3. The number of hydrogen-bond acceptors (Lipinski definition) is 3. The zero-order valence-electron chi connectivity index (χ0n) is 13.2. The van der Waals surface area contributed by atoms with Gasteiger partial charge in [0, 0.05) is 11.8 Å². The maximum Gasteiger partial charge on any atom is 0.417 e. The lowest BCUT2D eigenvalue weighted by molar-refractivity contribution is 0.215. The van der Waals surface area contributed by atoms with Crippen molar-refractivity contribution >= 4 is 11.8 Å². The molecule has 0 atom stereocenters. The smallest absolute Gasteiger partial charge is 0.417 e. The van der Waals surface area contributed by atoms with Crippen LogP contribution in [0.5, 0.6) is 11.5 Å². The van der Waals surface area contributed by atoms with Gasteiger partial charge in [0.2, 0.25) is 0 Å². The number of methoxy groups -OCH3 is 1. The average Bonchev–Trinajstić information content (AvgIpc) is 2.63. The fraction of sp³-hybridized carbons (Fsp3) is 0.0500. The van der Waals surface area contributed by atoms with E-state index in [1.165, 1.54) is 0 Å². The van der Waals surface area contributed by atoms with Crippen LogP contribution >= 0.6 is 0 Å². The standard InChI is InChI=1S/C20H17NO3/c1-23-19-9-5-8-17(14-19)21-20(22)24-18-12-10-16(11-13-18)15-6-3-2-4-7-15/h2-14H,1H3,(H,21,22). The Morgan fingerprint density at radius 3 is 2.21 bits per heavy atom. The van der Waals surface area contributed by atoms with Crippen LogP contribution in [0.4, 0.5) is 10.5 Å². The van der Waals surface area contributed by atoms with E-state index in [1.54, 1.807) is 43.5 Å². The molecule has 0 unspecified atom stereocenters. The zero-order valence-corrected chi connectivity index (χ0v) is 13.2. The number of anilines is 1. The highest BCUT2D eigenvalue weighted by Gasteiger charge is 2.06. The molecule has 0 saturated heterocycles. The summed E-state index contributed by atoms with van der Waals surface area (Å²) in [6, 6.07) is 24.5. The Kier molecular flexibility index (Phi) is 4.77. The predicted octanol–water partition coefficient (Wildman–Crippen LogP) is 4.97. The van der Waals surface area contributed by atoms with Crippen molar-refractivity contribution in [2.75, 3.05) is 12.4 Å². The number of carbonyl (C=O) groups excluding carboxylic acids is 1. The van der Waals surface area contributed by atoms with E-state index < -0.39 is 6.09 Å². The molecule has 4 heteroatoms. The molecule has 0 spiro atoms. The van der Waals surface area contributed by atoms with Gasteiger partial charge < -0.3 is 9.47 Å². The summed E-state index contributed by atoms with van der Waals surface area (Å²) < 4.78 is 10.4. The van der Waals surface area contributed by atoms with Gasteiger partial charge in [-0.2, -0.15) is 0 Å². The van der Waals surface area contributed by atoms with Gasteiger partial charge in [-0.05, 0) is 35.4 Å². The second kappa shape index (κ2) is 7.33. The molecule has 3 aromatic carbocycles. The molecule has 0 heterocycles. The molecule has 0 saturated carbocycles. The highest BCUT2D eigenvalue weighted by molar-refractivity contribution is 5.86. The lowest BCUT2D eigenvalue weighted by Gasteiger charge is -2.08. The van der Waals surface area contributed by atoms with E-state index in [-0.39, 0.29) is 0 Å². The van der Waals surface area contributed by atoms with Gasteiger partial charge in [-0.3, -0.25) is 5.32 Å². The van der Waals surface area contributed by atoms with Crippen LogP contribution in [0.3, 0.4) is 0 Å². The Balaban J connectivity index is 1.64. The Bertz CT molecular complexity index is 814. The predicted molar refractivity (Wildman–Crippen MR) is 94.5 cm³/mol. The minimum absolute atomic E-state index is 0.482. The molecule has 0 bridgehead atoms. The second-order valence-corrected chi connectivity index (χ2v) is 5.14. The number of amides is 1. The highest BCUT2D eigenvalue weighted by atomic mass is 16.6. The summed E-state index contributed by atoms with van der Waals surface area (Å²) >= 11 is 0. The first-order chi connectivity index (χ1) is 11.7. The van der Waals surface area contributed by atoms with E-state index in [1.807, 2.05) is 42.5 Å². The molecule has 3 rings (SSSR count). The van der Waals surface area contributed by atoms with Gasteiger partial charge in [-0.25, -0.2) is 4.79 Å². The molecule has 120 valence electrons. The van der Waals surface area contributed by atoms with Crippen LogP contribution in [0.1, 0.15) is 0 Å². The fourth-order valence-electron chi connectivity index (χ4n) is 2.30. The third kappa shape index (κ3) is 3.93. The van der Waals surface area contributed by atoms with Crippen LogP contribution in [-0.2, 0) is 0 Å². The number of carbonyl (C=O) groups is 1. The van der Waals surface area contributed by atoms with Crippen molar-refractivity contribution in [2.24, 2.45) is 0 Å². The van der Waals surface area contributed by atoms with Crippen molar-refractivity contribution < 1.29 is 14.3 Å². The van der Waals surface area contributed by atoms with Crippen LogP contribution in [0.2, 0.25) is 0 Å². The highest BCUT2D eigenvalue weighted by Crippen LogP contribution is 2.22. The topological polar surface area (TPSA) is 47.6 Å². The minimum atomic E-state index is -0.546. The van der Waals surface area contributed by atoms with Gasteiger partial charge >= 0.3 is 6.09 Å². The first-order valence-electron chi connectivity index (χ1n) is 7.53. The molecular formula is C20H17NO3. The molecular weight excluding hydrogens is 302 g/mol. The third-order valence-electron chi connectivity index (χ3n) is 3.49. The quantitative estimate of drug-likeness (QED) is 0.738. The van der Waals surface area contributed by atoms with Crippen LogP contribution in [0, 0.1) is 0 Å².